The predicted octanol–water partition coefficient (Wildman–Crippen LogP) is 4.04. The smallest absolute Gasteiger partial charge is 0.0443 e. The number of para-hydroxylation sites is 1. The number of hydrogen-bond donors (Lipinski definition) is 1. The second-order valence-electron chi connectivity index (χ2n) is 5.39. The van der Waals surface area contributed by atoms with Gasteiger partial charge < -0.3 is 10.6 Å². The zero-order valence-corrected chi connectivity index (χ0v) is 12.6. The SMILES string of the molecule is CCN(c1ccccc1)c1ccc(C)cc1CC(C)N. The first-order chi connectivity index (χ1) is 9.61. The van der Waals surface area contributed by atoms with Crippen molar-refractivity contribution in [2.24, 2.45) is 5.73 Å². The van der Waals surface area contributed by atoms with E-state index in [1.165, 1.54) is 22.5 Å². The topological polar surface area (TPSA) is 29.3 Å². The molecule has 0 aliphatic heterocycles. The van der Waals surface area contributed by atoms with Crippen LogP contribution in [-0.2, 0) is 6.42 Å². The Balaban J connectivity index is 2.44. The summed E-state index contributed by atoms with van der Waals surface area (Å²) in [6.45, 7) is 7.32. The first kappa shape index (κ1) is 14.6. The lowest BCUT2D eigenvalue weighted by Crippen LogP contribution is -2.22. The Kier molecular flexibility index (Phi) is 4.80. The van der Waals surface area contributed by atoms with Gasteiger partial charge in [0.1, 0.15) is 0 Å². The Morgan fingerprint density at radius 2 is 1.80 bits per heavy atom. The van der Waals surface area contributed by atoms with Gasteiger partial charge in [-0.05, 0) is 51.0 Å². The summed E-state index contributed by atoms with van der Waals surface area (Å²) in [5, 5.41) is 0. The lowest BCUT2D eigenvalue weighted by atomic mass is 10.0. The Morgan fingerprint density at radius 1 is 1.10 bits per heavy atom. The van der Waals surface area contributed by atoms with E-state index in [4.69, 9.17) is 5.73 Å². The molecule has 2 heteroatoms. The molecule has 0 heterocycles. The number of hydrogen-bond acceptors (Lipinski definition) is 2. The molecule has 0 saturated heterocycles. The van der Waals surface area contributed by atoms with E-state index in [-0.39, 0.29) is 6.04 Å². The van der Waals surface area contributed by atoms with Crippen LogP contribution in [-0.4, -0.2) is 12.6 Å². The maximum Gasteiger partial charge on any atom is 0.0443 e. The average molecular weight is 268 g/mol. The van der Waals surface area contributed by atoms with E-state index < -0.39 is 0 Å². The maximum absolute atomic E-state index is 6.01. The van der Waals surface area contributed by atoms with Crippen LogP contribution in [0.25, 0.3) is 0 Å². The molecule has 2 aromatic carbocycles. The number of nitrogens with zero attached hydrogens (tertiary/aromatic N) is 1. The van der Waals surface area contributed by atoms with Crippen molar-refractivity contribution in [2.45, 2.75) is 33.2 Å². The van der Waals surface area contributed by atoms with Crippen molar-refractivity contribution in [3.8, 4) is 0 Å². The summed E-state index contributed by atoms with van der Waals surface area (Å²) in [5.41, 5.74) is 11.1. The molecule has 20 heavy (non-hydrogen) atoms. The summed E-state index contributed by atoms with van der Waals surface area (Å²) < 4.78 is 0. The van der Waals surface area contributed by atoms with Crippen LogP contribution < -0.4 is 10.6 Å². The quantitative estimate of drug-likeness (QED) is 0.886. The van der Waals surface area contributed by atoms with Crippen LogP contribution in [0.15, 0.2) is 48.5 Å². The third kappa shape index (κ3) is 3.40. The summed E-state index contributed by atoms with van der Waals surface area (Å²) in [6.07, 6.45) is 0.903. The van der Waals surface area contributed by atoms with Crippen LogP contribution in [0, 0.1) is 6.92 Å². The van der Waals surface area contributed by atoms with Crippen LogP contribution in [0.1, 0.15) is 25.0 Å². The minimum absolute atomic E-state index is 0.171. The molecule has 0 bridgehead atoms. The summed E-state index contributed by atoms with van der Waals surface area (Å²) in [4.78, 5) is 2.34. The van der Waals surface area contributed by atoms with Crippen molar-refractivity contribution < 1.29 is 0 Å². The Labute approximate surface area is 122 Å². The molecule has 106 valence electrons. The van der Waals surface area contributed by atoms with Gasteiger partial charge in [0.25, 0.3) is 0 Å². The molecule has 0 saturated carbocycles. The molecule has 1 atom stereocenters. The third-order valence-corrected chi connectivity index (χ3v) is 3.45. The van der Waals surface area contributed by atoms with Gasteiger partial charge in [0.15, 0.2) is 0 Å². The van der Waals surface area contributed by atoms with Gasteiger partial charge in [0.05, 0.1) is 0 Å². The molecule has 0 aliphatic carbocycles. The van der Waals surface area contributed by atoms with Gasteiger partial charge in [0, 0.05) is 24.0 Å². The minimum atomic E-state index is 0.171. The Morgan fingerprint density at radius 3 is 2.40 bits per heavy atom. The summed E-state index contributed by atoms with van der Waals surface area (Å²) in [5.74, 6) is 0. The van der Waals surface area contributed by atoms with Gasteiger partial charge in [-0.3, -0.25) is 0 Å². The van der Waals surface area contributed by atoms with Crippen LogP contribution in [0.3, 0.4) is 0 Å². The molecule has 0 fully saturated rings. The largest absolute Gasteiger partial charge is 0.342 e. The van der Waals surface area contributed by atoms with Gasteiger partial charge in [-0.25, -0.2) is 0 Å². The number of rotatable bonds is 5. The van der Waals surface area contributed by atoms with E-state index in [2.05, 4.69) is 74.2 Å². The minimum Gasteiger partial charge on any atom is -0.342 e. The molecule has 0 radical (unpaired) electrons. The maximum atomic E-state index is 6.01. The summed E-state index contributed by atoms with van der Waals surface area (Å²) in [6, 6.07) is 17.3. The van der Waals surface area contributed by atoms with Crippen molar-refractivity contribution in [2.75, 3.05) is 11.4 Å². The monoisotopic (exact) mass is 268 g/mol. The molecule has 2 nitrogen and oxygen atoms in total. The van der Waals surface area contributed by atoms with Crippen molar-refractivity contribution in [1.29, 1.82) is 0 Å². The third-order valence-electron chi connectivity index (χ3n) is 3.45. The van der Waals surface area contributed by atoms with Gasteiger partial charge in [-0.15, -0.1) is 0 Å². The van der Waals surface area contributed by atoms with E-state index in [0.29, 0.717) is 0 Å². The van der Waals surface area contributed by atoms with E-state index in [0.717, 1.165) is 13.0 Å². The fourth-order valence-electron chi connectivity index (χ4n) is 2.59. The normalized spacial score (nSPS) is 12.2. The number of aryl methyl sites for hydroxylation is 1. The van der Waals surface area contributed by atoms with Gasteiger partial charge in [0.2, 0.25) is 0 Å². The van der Waals surface area contributed by atoms with E-state index in [1.54, 1.807) is 0 Å². The van der Waals surface area contributed by atoms with E-state index in [1.807, 2.05) is 0 Å². The fourth-order valence-corrected chi connectivity index (χ4v) is 2.59. The first-order valence-corrected chi connectivity index (χ1v) is 7.29. The van der Waals surface area contributed by atoms with Crippen molar-refractivity contribution in [1.82, 2.24) is 0 Å². The molecule has 2 rings (SSSR count). The van der Waals surface area contributed by atoms with Crippen molar-refractivity contribution in [3.63, 3.8) is 0 Å². The molecule has 0 amide bonds. The van der Waals surface area contributed by atoms with Crippen LogP contribution in [0.4, 0.5) is 11.4 Å². The van der Waals surface area contributed by atoms with Crippen molar-refractivity contribution >= 4 is 11.4 Å². The number of anilines is 2. The summed E-state index contributed by atoms with van der Waals surface area (Å²) >= 11 is 0. The average Bonchev–Trinajstić information content (AvgIpc) is 2.42. The molecular formula is C18H24N2. The van der Waals surface area contributed by atoms with E-state index in [9.17, 15) is 0 Å². The molecule has 2 N–H and O–H groups in total. The lowest BCUT2D eigenvalue weighted by Gasteiger charge is -2.27. The Bertz CT molecular complexity index is 547. The molecule has 0 aromatic heterocycles. The molecule has 0 spiro atoms. The molecule has 2 aromatic rings. The molecule has 0 aliphatic rings. The Hall–Kier alpha value is -1.80. The lowest BCUT2D eigenvalue weighted by molar-refractivity contribution is 0.736. The highest BCUT2D eigenvalue weighted by Gasteiger charge is 2.12. The highest BCUT2D eigenvalue weighted by atomic mass is 15.1. The standard InChI is InChI=1S/C18H24N2/c1-4-20(17-8-6-5-7-9-17)18-11-10-14(2)12-16(18)13-15(3)19/h5-12,15H,4,13,19H2,1-3H3. The highest BCUT2D eigenvalue weighted by Crippen LogP contribution is 2.29. The van der Waals surface area contributed by atoms with Crippen LogP contribution in [0.2, 0.25) is 0 Å². The summed E-state index contributed by atoms with van der Waals surface area (Å²) in [7, 11) is 0. The highest BCUT2D eigenvalue weighted by molar-refractivity contribution is 5.67. The van der Waals surface area contributed by atoms with Crippen LogP contribution in [0.5, 0.6) is 0 Å². The number of benzene rings is 2. The van der Waals surface area contributed by atoms with Crippen molar-refractivity contribution in [3.05, 3.63) is 59.7 Å². The predicted molar refractivity (Wildman–Crippen MR) is 87.7 cm³/mol. The zero-order valence-electron chi connectivity index (χ0n) is 12.6. The second kappa shape index (κ2) is 6.58. The van der Waals surface area contributed by atoms with Gasteiger partial charge >= 0.3 is 0 Å². The van der Waals surface area contributed by atoms with Gasteiger partial charge in [-0.1, -0.05) is 35.9 Å². The number of nitrogens with two attached hydrogens (primary N) is 1. The fraction of sp³-hybridized carbons (Fsp3) is 0.333. The first-order valence-electron chi connectivity index (χ1n) is 7.29. The van der Waals surface area contributed by atoms with Crippen LogP contribution >= 0.6 is 0 Å². The zero-order chi connectivity index (χ0) is 14.5. The molecule has 1 unspecified atom stereocenters. The molecular weight excluding hydrogens is 244 g/mol. The second-order valence-corrected chi connectivity index (χ2v) is 5.39. The van der Waals surface area contributed by atoms with E-state index >= 15 is 0 Å². The van der Waals surface area contributed by atoms with Gasteiger partial charge in [-0.2, -0.15) is 0 Å².